The van der Waals surface area contributed by atoms with E-state index >= 15 is 0 Å². The molecule has 148 valence electrons. The van der Waals surface area contributed by atoms with Crippen LogP contribution in [-0.2, 0) is 19.6 Å². The van der Waals surface area contributed by atoms with E-state index in [4.69, 9.17) is 10.9 Å². The van der Waals surface area contributed by atoms with Crippen molar-refractivity contribution < 1.29 is 17.9 Å². The van der Waals surface area contributed by atoms with Crippen molar-refractivity contribution in [2.45, 2.75) is 37.3 Å². The lowest BCUT2D eigenvalue weighted by Crippen LogP contribution is -2.43. The van der Waals surface area contributed by atoms with Crippen LogP contribution in [0.4, 0.5) is 5.69 Å². The van der Waals surface area contributed by atoms with E-state index in [1.165, 1.54) is 6.07 Å². The number of nitrogens with two attached hydrogens (primary N) is 2. The molecule has 0 radical (unpaired) electrons. The Bertz CT molecular complexity index is 898. The lowest BCUT2D eigenvalue weighted by atomic mass is 10.1. The molecule has 3 rings (SSSR count). The first kappa shape index (κ1) is 20.9. The number of primary sulfonamides is 1. The van der Waals surface area contributed by atoms with Gasteiger partial charge in [-0.2, -0.15) is 5.10 Å². The minimum absolute atomic E-state index is 0.0174. The van der Waals surface area contributed by atoms with Gasteiger partial charge in [0, 0.05) is 36.1 Å². The summed E-state index contributed by atoms with van der Waals surface area (Å²) in [7, 11) is -3.84. The summed E-state index contributed by atoms with van der Waals surface area (Å²) in [6, 6.07) is 4.98. The largest absolute Gasteiger partial charge is 0.462 e. The zero-order valence-electron chi connectivity index (χ0n) is 15.5. The molecule has 2 aromatic rings. The van der Waals surface area contributed by atoms with Crippen molar-refractivity contribution in [1.29, 1.82) is 0 Å². The molecule has 5 N–H and O–H groups in total. The van der Waals surface area contributed by atoms with Crippen molar-refractivity contribution in [2.75, 3.05) is 18.8 Å². The highest BCUT2D eigenvalue weighted by molar-refractivity contribution is 7.89. The van der Waals surface area contributed by atoms with E-state index in [-0.39, 0.29) is 10.5 Å². The number of sulfonamides is 1. The van der Waals surface area contributed by atoms with Gasteiger partial charge in [0.15, 0.2) is 0 Å². The third-order valence-electron chi connectivity index (χ3n) is 3.76. The Morgan fingerprint density at radius 3 is 2.44 bits per heavy atom. The van der Waals surface area contributed by atoms with Gasteiger partial charge in [0.05, 0.1) is 17.1 Å². The van der Waals surface area contributed by atoms with Crippen LogP contribution in [0.15, 0.2) is 35.5 Å². The molecule has 0 unspecified atom stereocenters. The Morgan fingerprint density at radius 2 is 2.00 bits per heavy atom. The van der Waals surface area contributed by atoms with Crippen molar-refractivity contribution in [3.8, 4) is 11.1 Å². The molecule has 1 aliphatic heterocycles. The first-order chi connectivity index (χ1) is 12.5. The maximum Gasteiger partial charge on any atom is 0.293 e. The summed E-state index contributed by atoms with van der Waals surface area (Å²) in [6.45, 7) is 7.65. The first-order valence-corrected chi connectivity index (χ1v) is 9.85. The maximum absolute atomic E-state index is 11.7. The Balaban J connectivity index is 0.000000321. The summed E-state index contributed by atoms with van der Waals surface area (Å²) >= 11 is 0. The highest BCUT2D eigenvalue weighted by Gasteiger charge is 2.21. The summed E-state index contributed by atoms with van der Waals surface area (Å²) < 4.78 is 29.7. The number of benzene rings is 1. The fraction of sp³-hybridized carbons (Fsp3) is 0.412. The molecule has 10 heteroatoms. The fourth-order valence-electron chi connectivity index (χ4n) is 2.29. The van der Waals surface area contributed by atoms with Crippen LogP contribution in [0.5, 0.6) is 0 Å². The van der Waals surface area contributed by atoms with Gasteiger partial charge in [0.25, 0.3) is 6.47 Å². The minimum Gasteiger partial charge on any atom is -0.462 e. The summed E-state index contributed by atoms with van der Waals surface area (Å²) in [4.78, 5) is 9.62. The van der Waals surface area contributed by atoms with Gasteiger partial charge in [-0.25, -0.2) is 13.6 Å². The monoisotopic (exact) mass is 395 g/mol. The number of carbonyl (C=O) groups excluding carboxylic acids is 1. The van der Waals surface area contributed by atoms with E-state index in [1.807, 2.05) is 31.6 Å². The van der Waals surface area contributed by atoms with Gasteiger partial charge in [-0.15, -0.1) is 0 Å². The molecule has 2 heterocycles. The molecule has 1 saturated heterocycles. The van der Waals surface area contributed by atoms with E-state index in [1.54, 1.807) is 18.3 Å². The SMILES string of the molecule is CC(C)(C)OC=O.Nc1ccc(-c2cnn(C3CNC3)c2)c(S(N)(=O)=O)c1. The molecular weight excluding hydrogens is 370 g/mol. The van der Waals surface area contributed by atoms with Crippen LogP contribution < -0.4 is 16.2 Å². The molecule has 9 nitrogen and oxygen atoms in total. The molecule has 0 saturated carbocycles. The second kappa shape index (κ2) is 8.07. The smallest absolute Gasteiger partial charge is 0.293 e. The van der Waals surface area contributed by atoms with Gasteiger partial charge in [-0.1, -0.05) is 6.07 Å². The first-order valence-electron chi connectivity index (χ1n) is 8.30. The molecule has 1 aromatic carbocycles. The van der Waals surface area contributed by atoms with Crippen LogP contribution in [0, 0.1) is 0 Å². The van der Waals surface area contributed by atoms with Gasteiger partial charge >= 0.3 is 0 Å². The van der Waals surface area contributed by atoms with E-state index < -0.39 is 10.0 Å². The second-order valence-electron chi connectivity index (χ2n) is 7.15. The molecule has 0 spiro atoms. The highest BCUT2D eigenvalue weighted by atomic mass is 32.2. The van der Waals surface area contributed by atoms with Crippen LogP contribution in [0.25, 0.3) is 11.1 Å². The molecule has 0 atom stereocenters. The fourth-order valence-corrected chi connectivity index (χ4v) is 3.09. The van der Waals surface area contributed by atoms with Crippen molar-refractivity contribution in [3.05, 3.63) is 30.6 Å². The molecule has 1 aliphatic rings. The summed E-state index contributed by atoms with van der Waals surface area (Å²) in [5.41, 5.74) is 6.90. The summed E-state index contributed by atoms with van der Waals surface area (Å²) in [5, 5.41) is 12.7. The van der Waals surface area contributed by atoms with Gasteiger partial charge < -0.3 is 15.8 Å². The zero-order valence-corrected chi connectivity index (χ0v) is 16.4. The zero-order chi connectivity index (χ0) is 20.2. The van der Waals surface area contributed by atoms with E-state index in [2.05, 4.69) is 15.2 Å². The molecule has 0 aliphatic carbocycles. The van der Waals surface area contributed by atoms with E-state index in [9.17, 15) is 13.2 Å². The highest BCUT2D eigenvalue weighted by Crippen LogP contribution is 2.29. The quantitative estimate of drug-likeness (QED) is 0.515. The van der Waals surface area contributed by atoms with Crippen LogP contribution in [0.1, 0.15) is 26.8 Å². The number of ether oxygens (including phenoxy) is 1. The number of anilines is 1. The van der Waals surface area contributed by atoms with Crippen molar-refractivity contribution in [2.24, 2.45) is 5.14 Å². The summed E-state index contributed by atoms with van der Waals surface area (Å²) in [6.07, 6.45) is 3.46. The van der Waals surface area contributed by atoms with E-state index in [0.717, 1.165) is 13.1 Å². The molecule has 0 bridgehead atoms. The number of nitrogens with one attached hydrogen (secondary N) is 1. The predicted octanol–water partition coefficient (Wildman–Crippen LogP) is 0.882. The Hall–Kier alpha value is -2.43. The van der Waals surface area contributed by atoms with Crippen molar-refractivity contribution in [1.82, 2.24) is 15.1 Å². The lowest BCUT2D eigenvalue weighted by molar-refractivity contribution is -0.138. The average Bonchev–Trinajstić information content (AvgIpc) is 2.93. The van der Waals surface area contributed by atoms with Gasteiger partial charge in [0.1, 0.15) is 5.60 Å². The molecule has 1 aromatic heterocycles. The number of aromatic nitrogens is 2. The van der Waals surface area contributed by atoms with Crippen LogP contribution in [0.2, 0.25) is 0 Å². The van der Waals surface area contributed by atoms with Gasteiger partial charge in [0.2, 0.25) is 10.0 Å². The lowest BCUT2D eigenvalue weighted by Gasteiger charge is -2.27. The molecular formula is C17H25N5O4S. The normalized spacial score (nSPS) is 14.7. The van der Waals surface area contributed by atoms with Crippen LogP contribution in [-0.4, -0.2) is 43.4 Å². The number of nitrogens with zero attached hydrogens (tertiary/aromatic N) is 2. The molecule has 0 amide bonds. The van der Waals surface area contributed by atoms with Crippen molar-refractivity contribution in [3.63, 3.8) is 0 Å². The minimum atomic E-state index is -3.84. The average molecular weight is 395 g/mol. The predicted molar refractivity (Wildman–Crippen MR) is 102 cm³/mol. The molecule has 1 fully saturated rings. The Morgan fingerprint density at radius 1 is 1.33 bits per heavy atom. The summed E-state index contributed by atoms with van der Waals surface area (Å²) in [5.74, 6) is 0. The Labute approximate surface area is 158 Å². The third-order valence-corrected chi connectivity index (χ3v) is 4.71. The maximum atomic E-state index is 11.7. The van der Waals surface area contributed by atoms with Gasteiger partial charge in [-0.3, -0.25) is 9.48 Å². The second-order valence-corrected chi connectivity index (χ2v) is 8.68. The van der Waals surface area contributed by atoms with E-state index in [0.29, 0.717) is 29.3 Å². The number of carbonyl (C=O) groups is 1. The molecule has 27 heavy (non-hydrogen) atoms. The third kappa shape index (κ3) is 5.78. The number of hydrogen-bond donors (Lipinski definition) is 3. The van der Waals surface area contributed by atoms with Gasteiger partial charge in [-0.05, 0) is 32.9 Å². The van der Waals surface area contributed by atoms with Crippen molar-refractivity contribution >= 4 is 22.2 Å². The Kier molecular flexibility index (Phi) is 6.24. The number of nitrogen functional groups attached to an aromatic ring is 1. The number of hydrogen-bond acceptors (Lipinski definition) is 7. The van der Waals surface area contributed by atoms with Crippen LogP contribution >= 0.6 is 0 Å². The topological polar surface area (TPSA) is 142 Å². The standard InChI is InChI=1S/C12H15N5O2S.C5H10O2/c13-9-1-2-11(12(3-9)20(14,18)19)8-4-16-17(7-8)10-5-15-6-10;1-5(2,3)7-4-6/h1-4,7,10,15H,5-6,13H2,(H2,14,18,19);4H,1-3H3. The van der Waals surface area contributed by atoms with Crippen LogP contribution in [0.3, 0.4) is 0 Å². The number of rotatable bonds is 4.